The number of hydrogen-bond donors (Lipinski definition) is 1. The van der Waals surface area contributed by atoms with Gasteiger partial charge in [0.1, 0.15) is 0 Å². The minimum atomic E-state index is -0.895. The average Bonchev–Trinajstić information content (AvgIpc) is 2.03. The Labute approximate surface area is 78.8 Å². The molecule has 0 bridgehead atoms. The van der Waals surface area contributed by atoms with Gasteiger partial charge in [0.15, 0.2) is 0 Å². The fourth-order valence-corrected chi connectivity index (χ4v) is 0.427. The molecule has 0 saturated carbocycles. The second-order valence-electron chi connectivity index (χ2n) is 3.77. The van der Waals surface area contributed by atoms with E-state index in [0.717, 1.165) is 6.42 Å². The van der Waals surface area contributed by atoms with E-state index in [-0.39, 0.29) is 12.7 Å². The Bertz CT molecular complexity index is 165. The quantitative estimate of drug-likeness (QED) is 0.513. The molecule has 1 atom stereocenters. The van der Waals surface area contributed by atoms with Crippen LogP contribution in [0.5, 0.6) is 0 Å². The van der Waals surface area contributed by atoms with Gasteiger partial charge in [0.25, 0.3) is 0 Å². The predicted octanol–water partition coefficient (Wildman–Crippen LogP) is 1.84. The van der Waals surface area contributed by atoms with Gasteiger partial charge in [-0.15, -0.1) is 0 Å². The van der Waals surface area contributed by atoms with E-state index in [1.54, 1.807) is 13.8 Å². The molecule has 4 nitrogen and oxygen atoms in total. The molecule has 78 valence electrons. The van der Waals surface area contributed by atoms with Crippen molar-refractivity contribution < 1.29 is 19.7 Å². The van der Waals surface area contributed by atoms with Crippen molar-refractivity contribution in [2.24, 2.45) is 5.41 Å². The van der Waals surface area contributed by atoms with E-state index in [9.17, 15) is 4.79 Å². The molecule has 0 spiro atoms. The number of aliphatic carboxylic acids is 1. The molecule has 0 saturated heterocycles. The van der Waals surface area contributed by atoms with Gasteiger partial charge < -0.3 is 5.11 Å². The first-order chi connectivity index (χ1) is 5.90. The largest absolute Gasteiger partial charge is 0.481 e. The number of carboxylic acids is 1. The van der Waals surface area contributed by atoms with Crippen molar-refractivity contribution in [3.8, 4) is 0 Å². The monoisotopic (exact) mass is 190 g/mol. The van der Waals surface area contributed by atoms with Gasteiger partial charge in [0.2, 0.25) is 0 Å². The van der Waals surface area contributed by atoms with Crippen molar-refractivity contribution in [2.45, 2.75) is 40.2 Å². The van der Waals surface area contributed by atoms with Crippen molar-refractivity contribution in [1.29, 1.82) is 0 Å². The smallest absolute Gasteiger partial charge is 0.311 e. The van der Waals surface area contributed by atoms with Gasteiger partial charge in [-0.25, -0.2) is 9.78 Å². The highest BCUT2D eigenvalue weighted by atomic mass is 17.2. The number of rotatable bonds is 6. The molecule has 0 aliphatic heterocycles. The van der Waals surface area contributed by atoms with Crippen LogP contribution in [0.4, 0.5) is 0 Å². The molecular formula is C9H18O4. The van der Waals surface area contributed by atoms with Crippen LogP contribution >= 0.6 is 0 Å². The summed E-state index contributed by atoms with van der Waals surface area (Å²) in [6, 6.07) is 0. The first-order valence-electron chi connectivity index (χ1n) is 4.42. The second-order valence-corrected chi connectivity index (χ2v) is 3.77. The standard InChI is InChI=1S/C9H18O4/c1-5-7(2)13-12-6-9(3,4)8(10)11/h7H,5-6H2,1-4H3,(H,10,11). The van der Waals surface area contributed by atoms with Crippen molar-refractivity contribution in [3.05, 3.63) is 0 Å². The van der Waals surface area contributed by atoms with Gasteiger partial charge in [0, 0.05) is 0 Å². The van der Waals surface area contributed by atoms with Gasteiger partial charge >= 0.3 is 5.97 Å². The fraction of sp³-hybridized carbons (Fsp3) is 0.889. The second kappa shape index (κ2) is 5.19. The van der Waals surface area contributed by atoms with E-state index in [1.807, 2.05) is 13.8 Å². The molecule has 0 aliphatic rings. The fourth-order valence-electron chi connectivity index (χ4n) is 0.427. The molecule has 1 N–H and O–H groups in total. The minimum absolute atomic E-state index is 0.00425. The summed E-state index contributed by atoms with van der Waals surface area (Å²) in [4.78, 5) is 20.4. The summed E-state index contributed by atoms with van der Waals surface area (Å²) in [5.41, 5.74) is -0.895. The maximum atomic E-state index is 10.6. The minimum Gasteiger partial charge on any atom is -0.481 e. The Morgan fingerprint density at radius 2 is 2.08 bits per heavy atom. The van der Waals surface area contributed by atoms with E-state index < -0.39 is 11.4 Å². The maximum absolute atomic E-state index is 10.6. The van der Waals surface area contributed by atoms with Crippen molar-refractivity contribution >= 4 is 5.97 Å². The SMILES string of the molecule is CCC(C)OOCC(C)(C)C(=O)O. The van der Waals surface area contributed by atoms with E-state index >= 15 is 0 Å². The lowest BCUT2D eigenvalue weighted by Crippen LogP contribution is -2.30. The van der Waals surface area contributed by atoms with Crippen LogP contribution in [0.3, 0.4) is 0 Å². The maximum Gasteiger partial charge on any atom is 0.311 e. The van der Waals surface area contributed by atoms with E-state index in [1.165, 1.54) is 0 Å². The molecule has 4 heteroatoms. The number of carbonyl (C=O) groups is 1. The van der Waals surface area contributed by atoms with Crippen molar-refractivity contribution in [3.63, 3.8) is 0 Å². The predicted molar refractivity (Wildman–Crippen MR) is 48.2 cm³/mol. The molecule has 0 heterocycles. The molecule has 0 fully saturated rings. The van der Waals surface area contributed by atoms with E-state index in [4.69, 9.17) is 14.9 Å². The summed E-state index contributed by atoms with van der Waals surface area (Å²) in [5.74, 6) is -0.889. The molecule has 0 aromatic carbocycles. The van der Waals surface area contributed by atoms with Crippen LogP contribution in [0.15, 0.2) is 0 Å². The third-order valence-corrected chi connectivity index (χ3v) is 1.81. The van der Waals surface area contributed by atoms with Crippen molar-refractivity contribution in [1.82, 2.24) is 0 Å². The lowest BCUT2D eigenvalue weighted by Gasteiger charge is -2.19. The molecule has 1 unspecified atom stereocenters. The van der Waals surface area contributed by atoms with Crippen LogP contribution < -0.4 is 0 Å². The third kappa shape index (κ3) is 4.85. The van der Waals surface area contributed by atoms with Crippen molar-refractivity contribution in [2.75, 3.05) is 6.61 Å². The van der Waals surface area contributed by atoms with Crippen LogP contribution in [-0.4, -0.2) is 23.8 Å². The molecule has 0 rings (SSSR count). The lowest BCUT2D eigenvalue weighted by molar-refractivity contribution is -0.331. The van der Waals surface area contributed by atoms with E-state index in [0.29, 0.717) is 0 Å². The summed E-state index contributed by atoms with van der Waals surface area (Å²) in [7, 11) is 0. The van der Waals surface area contributed by atoms with Crippen LogP contribution in [0.25, 0.3) is 0 Å². The molecule has 0 aromatic rings. The highest BCUT2D eigenvalue weighted by Gasteiger charge is 2.28. The number of carboxylic acid groups (broad SMARTS) is 1. The Kier molecular flexibility index (Phi) is 4.95. The molecule has 0 radical (unpaired) electrons. The molecule has 13 heavy (non-hydrogen) atoms. The lowest BCUT2D eigenvalue weighted by atomic mass is 9.96. The summed E-state index contributed by atoms with van der Waals surface area (Å²) in [5, 5.41) is 8.73. The zero-order chi connectivity index (χ0) is 10.5. The molecular weight excluding hydrogens is 172 g/mol. The van der Waals surface area contributed by atoms with Gasteiger partial charge in [-0.05, 0) is 27.2 Å². The topological polar surface area (TPSA) is 55.8 Å². The first-order valence-corrected chi connectivity index (χ1v) is 4.42. The summed E-state index contributed by atoms with van der Waals surface area (Å²) >= 11 is 0. The summed E-state index contributed by atoms with van der Waals surface area (Å²) < 4.78 is 0. The van der Waals surface area contributed by atoms with Crippen LogP contribution in [0.2, 0.25) is 0 Å². The molecule has 0 amide bonds. The summed E-state index contributed by atoms with van der Waals surface area (Å²) in [6.45, 7) is 7.08. The Morgan fingerprint density at radius 3 is 2.46 bits per heavy atom. The van der Waals surface area contributed by atoms with E-state index in [2.05, 4.69) is 0 Å². The zero-order valence-corrected chi connectivity index (χ0v) is 8.66. The van der Waals surface area contributed by atoms with Gasteiger partial charge in [0.05, 0.1) is 18.1 Å². The van der Waals surface area contributed by atoms with Crippen LogP contribution in [0, 0.1) is 5.41 Å². The Morgan fingerprint density at radius 1 is 1.54 bits per heavy atom. The first kappa shape index (κ1) is 12.4. The highest BCUT2D eigenvalue weighted by Crippen LogP contribution is 2.15. The Hall–Kier alpha value is -0.610. The van der Waals surface area contributed by atoms with Gasteiger partial charge in [-0.2, -0.15) is 0 Å². The molecule has 0 aromatic heterocycles. The summed E-state index contributed by atoms with van der Waals surface area (Å²) in [6.07, 6.45) is 0.845. The highest BCUT2D eigenvalue weighted by molar-refractivity contribution is 5.73. The average molecular weight is 190 g/mol. The van der Waals surface area contributed by atoms with Crippen LogP contribution in [0.1, 0.15) is 34.1 Å². The zero-order valence-electron chi connectivity index (χ0n) is 8.66. The van der Waals surface area contributed by atoms with Gasteiger partial charge in [-0.3, -0.25) is 4.79 Å². The Balaban J connectivity index is 3.70. The third-order valence-electron chi connectivity index (χ3n) is 1.81. The number of hydrogen-bond acceptors (Lipinski definition) is 3. The van der Waals surface area contributed by atoms with Gasteiger partial charge in [-0.1, -0.05) is 6.92 Å². The molecule has 0 aliphatic carbocycles. The normalized spacial score (nSPS) is 14.2. The van der Waals surface area contributed by atoms with Crippen LogP contribution in [-0.2, 0) is 14.6 Å².